The molecule has 2 heterocycles. The molecule has 3 rings (SSSR count). The molecular formula is C18H15NO4S3. The van der Waals surface area contributed by atoms with Crippen molar-refractivity contribution in [2.45, 2.75) is 6.92 Å². The molecule has 8 heteroatoms. The molecule has 0 unspecified atom stereocenters. The van der Waals surface area contributed by atoms with Crippen molar-refractivity contribution in [2.75, 3.05) is 13.7 Å². The number of hydrogen-bond donors (Lipinski definition) is 0. The first-order valence-corrected chi connectivity index (χ1v) is 9.84. The number of rotatable bonds is 5. The van der Waals surface area contributed by atoms with Crippen LogP contribution in [0.4, 0.5) is 0 Å². The fourth-order valence-corrected chi connectivity index (χ4v) is 3.99. The number of benzene rings is 1. The van der Waals surface area contributed by atoms with E-state index in [1.54, 1.807) is 43.5 Å². The maximum atomic E-state index is 12.2. The van der Waals surface area contributed by atoms with E-state index in [4.69, 9.17) is 21.7 Å². The molecule has 1 aromatic heterocycles. The largest absolute Gasteiger partial charge is 0.490 e. The van der Waals surface area contributed by atoms with E-state index in [1.807, 2.05) is 12.3 Å². The minimum Gasteiger partial charge on any atom is -0.490 e. The molecule has 1 aromatic carbocycles. The van der Waals surface area contributed by atoms with E-state index >= 15 is 0 Å². The Labute approximate surface area is 164 Å². The second kappa shape index (κ2) is 8.03. The van der Waals surface area contributed by atoms with Gasteiger partial charge in [-0.15, -0.1) is 11.3 Å². The Kier molecular flexibility index (Phi) is 5.75. The highest BCUT2D eigenvalue weighted by molar-refractivity contribution is 8.26. The molecule has 2 aromatic rings. The van der Waals surface area contributed by atoms with Crippen LogP contribution in [0.3, 0.4) is 0 Å². The highest BCUT2D eigenvalue weighted by atomic mass is 32.2. The molecule has 134 valence electrons. The van der Waals surface area contributed by atoms with Crippen LogP contribution in [0.2, 0.25) is 0 Å². The molecule has 0 bridgehead atoms. The average molecular weight is 406 g/mol. The lowest BCUT2D eigenvalue weighted by molar-refractivity contribution is -0.121. The first-order chi connectivity index (χ1) is 12.5. The molecule has 0 aliphatic carbocycles. The molecule has 1 fully saturated rings. The van der Waals surface area contributed by atoms with Gasteiger partial charge in [0.05, 0.1) is 11.5 Å². The van der Waals surface area contributed by atoms with Gasteiger partial charge in [-0.25, -0.2) is 4.79 Å². The predicted octanol–water partition coefficient (Wildman–Crippen LogP) is 4.20. The van der Waals surface area contributed by atoms with Crippen LogP contribution in [0.1, 0.15) is 22.2 Å². The molecule has 0 spiro atoms. The lowest BCUT2D eigenvalue weighted by Gasteiger charge is -2.11. The molecule has 0 atom stereocenters. The standard InChI is InChI=1S/C18H15NO4S3/c1-3-22-13-9-11(10-15-16(20)19(2)18(24)26-15)6-7-12(13)23-17(21)14-5-4-8-25-14/h4-10H,3H2,1-2H3. The van der Waals surface area contributed by atoms with Crippen LogP contribution in [-0.2, 0) is 4.79 Å². The van der Waals surface area contributed by atoms with Gasteiger partial charge in [-0.2, -0.15) is 0 Å². The van der Waals surface area contributed by atoms with Crippen LogP contribution in [0.5, 0.6) is 11.5 Å². The summed E-state index contributed by atoms with van der Waals surface area (Å²) in [5.74, 6) is 0.218. The Morgan fingerprint density at radius 2 is 2.12 bits per heavy atom. The lowest BCUT2D eigenvalue weighted by Crippen LogP contribution is -2.22. The third-order valence-corrected chi connectivity index (χ3v) is 5.81. The summed E-state index contributed by atoms with van der Waals surface area (Å²) >= 11 is 7.70. The zero-order valence-corrected chi connectivity index (χ0v) is 16.5. The summed E-state index contributed by atoms with van der Waals surface area (Å²) < 4.78 is 11.6. The predicted molar refractivity (Wildman–Crippen MR) is 108 cm³/mol. The van der Waals surface area contributed by atoms with Gasteiger partial charge in [0.15, 0.2) is 11.5 Å². The van der Waals surface area contributed by atoms with Gasteiger partial charge >= 0.3 is 5.97 Å². The monoisotopic (exact) mass is 405 g/mol. The Hall–Kier alpha value is -2.16. The molecule has 5 nitrogen and oxygen atoms in total. The summed E-state index contributed by atoms with van der Waals surface area (Å²) in [5.41, 5.74) is 0.762. The molecule has 1 aliphatic heterocycles. The fourth-order valence-electron chi connectivity index (χ4n) is 2.21. The molecule has 0 N–H and O–H groups in total. The number of nitrogens with zero attached hydrogens (tertiary/aromatic N) is 1. The zero-order chi connectivity index (χ0) is 18.7. The van der Waals surface area contributed by atoms with Crippen molar-refractivity contribution in [1.82, 2.24) is 4.90 Å². The molecule has 1 amide bonds. The third kappa shape index (κ3) is 3.98. The summed E-state index contributed by atoms with van der Waals surface area (Å²) in [6.45, 7) is 2.27. The van der Waals surface area contributed by atoms with Crippen molar-refractivity contribution >= 4 is 57.6 Å². The van der Waals surface area contributed by atoms with Crippen molar-refractivity contribution in [3.05, 3.63) is 51.1 Å². The van der Waals surface area contributed by atoms with Crippen molar-refractivity contribution in [3.8, 4) is 11.5 Å². The number of ether oxygens (including phenoxy) is 2. The fraction of sp³-hybridized carbons (Fsp3) is 0.167. The van der Waals surface area contributed by atoms with Gasteiger partial charge < -0.3 is 9.47 Å². The Morgan fingerprint density at radius 1 is 1.31 bits per heavy atom. The van der Waals surface area contributed by atoms with E-state index in [9.17, 15) is 9.59 Å². The van der Waals surface area contributed by atoms with Gasteiger partial charge in [0.2, 0.25) is 0 Å². The van der Waals surface area contributed by atoms with E-state index in [0.29, 0.717) is 32.2 Å². The van der Waals surface area contributed by atoms with Crippen molar-refractivity contribution in [3.63, 3.8) is 0 Å². The summed E-state index contributed by atoms with van der Waals surface area (Å²) in [6.07, 6.45) is 1.75. The summed E-state index contributed by atoms with van der Waals surface area (Å²) in [7, 11) is 1.65. The number of thioether (sulfide) groups is 1. The van der Waals surface area contributed by atoms with Crippen LogP contribution in [0.25, 0.3) is 6.08 Å². The third-order valence-electron chi connectivity index (χ3n) is 3.48. The summed E-state index contributed by atoms with van der Waals surface area (Å²) in [5, 5.41) is 1.81. The van der Waals surface area contributed by atoms with E-state index in [1.165, 1.54) is 28.0 Å². The van der Waals surface area contributed by atoms with Crippen LogP contribution < -0.4 is 9.47 Å². The normalized spacial score (nSPS) is 15.6. The Morgan fingerprint density at radius 3 is 2.73 bits per heavy atom. The highest BCUT2D eigenvalue weighted by Crippen LogP contribution is 2.34. The van der Waals surface area contributed by atoms with E-state index in [-0.39, 0.29) is 5.91 Å². The molecule has 1 saturated heterocycles. The van der Waals surface area contributed by atoms with Crippen LogP contribution in [0.15, 0.2) is 40.6 Å². The number of hydrogen-bond acceptors (Lipinski definition) is 7. The number of esters is 1. The number of thiocarbonyl (C=S) groups is 1. The van der Waals surface area contributed by atoms with Gasteiger partial charge in [0.25, 0.3) is 5.91 Å². The van der Waals surface area contributed by atoms with Crippen molar-refractivity contribution < 1.29 is 19.1 Å². The van der Waals surface area contributed by atoms with Gasteiger partial charge in [-0.05, 0) is 42.1 Å². The van der Waals surface area contributed by atoms with Gasteiger partial charge in [0, 0.05) is 7.05 Å². The molecule has 1 aliphatic rings. The number of amides is 1. The maximum Gasteiger partial charge on any atom is 0.353 e. The maximum absolute atomic E-state index is 12.2. The Balaban J connectivity index is 1.86. The van der Waals surface area contributed by atoms with Gasteiger partial charge in [-0.1, -0.05) is 36.1 Å². The van der Waals surface area contributed by atoms with Crippen molar-refractivity contribution in [2.24, 2.45) is 0 Å². The first-order valence-electron chi connectivity index (χ1n) is 7.73. The molecule has 0 radical (unpaired) electrons. The summed E-state index contributed by atoms with van der Waals surface area (Å²) in [4.78, 5) is 26.8. The molecule has 26 heavy (non-hydrogen) atoms. The first kappa shape index (κ1) is 18.6. The number of likely N-dealkylation sites (N-methyl/N-ethyl adjacent to an activating group) is 1. The van der Waals surface area contributed by atoms with E-state index in [2.05, 4.69) is 0 Å². The summed E-state index contributed by atoms with van der Waals surface area (Å²) in [6, 6.07) is 8.66. The van der Waals surface area contributed by atoms with Gasteiger partial charge in [-0.3, -0.25) is 9.69 Å². The van der Waals surface area contributed by atoms with Crippen LogP contribution in [-0.4, -0.2) is 34.8 Å². The van der Waals surface area contributed by atoms with Crippen LogP contribution >= 0.6 is 35.3 Å². The minimum absolute atomic E-state index is 0.133. The smallest absolute Gasteiger partial charge is 0.353 e. The van der Waals surface area contributed by atoms with E-state index in [0.717, 1.165) is 5.56 Å². The topological polar surface area (TPSA) is 55.8 Å². The molecular weight excluding hydrogens is 390 g/mol. The molecule has 0 saturated carbocycles. The van der Waals surface area contributed by atoms with Gasteiger partial charge in [0.1, 0.15) is 9.20 Å². The zero-order valence-electron chi connectivity index (χ0n) is 14.1. The lowest BCUT2D eigenvalue weighted by atomic mass is 10.2. The number of carbonyl (C=O) groups excluding carboxylic acids is 2. The second-order valence-electron chi connectivity index (χ2n) is 5.25. The van der Waals surface area contributed by atoms with Crippen LogP contribution in [0, 0.1) is 0 Å². The highest BCUT2D eigenvalue weighted by Gasteiger charge is 2.28. The number of carbonyl (C=O) groups is 2. The second-order valence-corrected chi connectivity index (χ2v) is 7.87. The minimum atomic E-state index is -0.430. The van der Waals surface area contributed by atoms with Crippen molar-refractivity contribution in [1.29, 1.82) is 0 Å². The SMILES string of the molecule is CCOc1cc(C=C2SC(=S)N(C)C2=O)ccc1OC(=O)c1cccs1. The quantitative estimate of drug-likeness (QED) is 0.322. The van der Waals surface area contributed by atoms with E-state index < -0.39 is 5.97 Å². The number of thiophene rings is 1. The average Bonchev–Trinajstić information content (AvgIpc) is 3.23. The Bertz CT molecular complexity index is 890.